The molecule has 0 fully saturated rings. The molecule has 7 nitrogen and oxygen atoms in total. The number of nitrogens with zero attached hydrogens (tertiary/aromatic N) is 4. The summed E-state index contributed by atoms with van der Waals surface area (Å²) >= 11 is 0. The molecule has 2 rings (SSSR count). The van der Waals surface area contributed by atoms with Gasteiger partial charge in [-0.25, -0.2) is 20.5 Å². The van der Waals surface area contributed by atoms with Gasteiger partial charge in [0, 0.05) is 18.8 Å². The van der Waals surface area contributed by atoms with Gasteiger partial charge >= 0.3 is 0 Å². The van der Waals surface area contributed by atoms with E-state index in [4.69, 9.17) is 10.6 Å². The molecule has 0 bridgehead atoms. The average Bonchev–Trinajstić information content (AvgIpc) is 2.72. The Morgan fingerprint density at radius 1 is 1.40 bits per heavy atom. The highest BCUT2D eigenvalue weighted by atomic mass is 16.5. The van der Waals surface area contributed by atoms with Crippen LogP contribution in [0.25, 0.3) is 11.4 Å². The number of rotatable bonds is 5. The Hall–Kier alpha value is -2.15. The minimum absolute atomic E-state index is 0.575. The van der Waals surface area contributed by atoms with Crippen LogP contribution in [0.4, 0.5) is 5.82 Å². The van der Waals surface area contributed by atoms with E-state index in [1.54, 1.807) is 11.8 Å². The maximum Gasteiger partial charge on any atom is 0.222 e. The van der Waals surface area contributed by atoms with E-state index in [2.05, 4.69) is 27.4 Å². The Bertz CT molecular complexity index is 607. The maximum atomic E-state index is 5.48. The van der Waals surface area contributed by atoms with E-state index in [1.807, 2.05) is 20.0 Å². The van der Waals surface area contributed by atoms with Gasteiger partial charge in [-0.2, -0.15) is 5.10 Å². The van der Waals surface area contributed by atoms with E-state index < -0.39 is 0 Å². The first-order valence-electron chi connectivity index (χ1n) is 6.53. The van der Waals surface area contributed by atoms with Crippen molar-refractivity contribution in [2.45, 2.75) is 26.7 Å². The summed E-state index contributed by atoms with van der Waals surface area (Å²) in [5.41, 5.74) is 5.14. The van der Waals surface area contributed by atoms with Crippen LogP contribution in [-0.2, 0) is 13.5 Å². The number of aryl methyl sites for hydroxylation is 3. The van der Waals surface area contributed by atoms with E-state index in [-0.39, 0.29) is 0 Å². The second kappa shape index (κ2) is 5.87. The number of hydrogen-bond donors (Lipinski definition) is 2. The number of anilines is 1. The van der Waals surface area contributed by atoms with Gasteiger partial charge in [-0.1, -0.05) is 13.3 Å². The van der Waals surface area contributed by atoms with E-state index in [9.17, 15) is 0 Å². The molecular weight excluding hydrogens is 256 g/mol. The smallest absolute Gasteiger partial charge is 0.222 e. The van der Waals surface area contributed by atoms with Crippen molar-refractivity contribution in [3.8, 4) is 17.3 Å². The molecule has 20 heavy (non-hydrogen) atoms. The lowest BCUT2D eigenvalue weighted by Crippen LogP contribution is -2.11. The Kier molecular flexibility index (Phi) is 4.19. The van der Waals surface area contributed by atoms with Gasteiger partial charge in [0.05, 0.1) is 12.8 Å². The number of nitrogen functional groups attached to an aromatic ring is 1. The summed E-state index contributed by atoms with van der Waals surface area (Å²) < 4.78 is 7.07. The van der Waals surface area contributed by atoms with Crippen LogP contribution in [0.5, 0.6) is 5.88 Å². The fourth-order valence-electron chi connectivity index (χ4n) is 2.20. The lowest BCUT2D eigenvalue weighted by molar-refractivity contribution is 0.374. The fraction of sp³-hybridized carbons (Fsp3) is 0.462. The second-order valence-electron chi connectivity index (χ2n) is 4.56. The van der Waals surface area contributed by atoms with Crippen molar-refractivity contribution >= 4 is 5.82 Å². The quantitative estimate of drug-likeness (QED) is 0.634. The molecule has 2 aromatic heterocycles. The van der Waals surface area contributed by atoms with Crippen molar-refractivity contribution in [2.24, 2.45) is 12.9 Å². The van der Waals surface area contributed by atoms with Crippen LogP contribution in [0.15, 0.2) is 6.07 Å². The lowest BCUT2D eigenvalue weighted by Gasteiger charge is -2.08. The first kappa shape index (κ1) is 14.3. The number of hydrazine groups is 1. The highest BCUT2D eigenvalue weighted by Crippen LogP contribution is 2.31. The third-order valence-corrected chi connectivity index (χ3v) is 3.02. The molecule has 0 saturated heterocycles. The van der Waals surface area contributed by atoms with Gasteiger partial charge < -0.3 is 10.2 Å². The zero-order valence-electron chi connectivity index (χ0n) is 12.3. The normalized spacial score (nSPS) is 10.7. The van der Waals surface area contributed by atoms with Crippen molar-refractivity contribution in [3.05, 3.63) is 17.5 Å². The average molecular weight is 276 g/mol. The molecule has 0 saturated carbocycles. The van der Waals surface area contributed by atoms with Crippen molar-refractivity contribution in [2.75, 3.05) is 12.5 Å². The molecule has 2 aromatic rings. The molecule has 0 unspecified atom stereocenters. The molecule has 0 radical (unpaired) electrons. The monoisotopic (exact) mass is 276 g/mol. The lowest BCUT2D eigenvalue weighted by atomic mass is 10.2. The molecule has 0 aliphatic rings. The van der Waals surface area contributed by atoms with Gasteiger partial charge in [-0.15, -0.1) is 0 Å². The highest BCUT2D eigenvalue weighted by Gasteiger charge is 2.19. The number of hydrogen-bond acceptors (Lipinski definition) is 6. The van der Waals surface area contributed by atoms with Gasteiger partial charge in [0.25, 0.3) is 0 Å². The number of methoxy groups -OCH3 is 1. The summed E-state index contributed by atoms with van der Waals surface area (Å²) in [6, 6.07) is 1.85. The predicted molar refractivity (Wildman–Crippen MR) is 77.3 cm³/mol. The van der Waals surface area contributed by atoms with Crippen molar-refractivity contribution < 1.29 is 4.74 Å². The van der Waals surface area contributed by atoms with Crippen LogP contribution in [0.2, 0.25) is 0 Å². The summed E-state index contributed by atoms with van der Waals surface area (Å²) in [6.45, 7) is 4.01. The molecule has 0 atom stereocenters. The first-order valence-corrected chi connectivity index (χ1v) is 6.53. The SMILES string of the molecule is CCCc1cc(NN)nc(-c2c(C)nn(C)c2OC)n1. The van der Waals surface area contributed by atoms with Crippen molar-refractivity contribution in [1.29, 1.82) is 0 Å². The van der Waals surface area contributed by atoms with Crippen molar-refractivity contribution in [3.63, 3.8) is 0 Å². The molecule has 0 aliphatic carbocycles. The van der Waals surface area contributed by atoms with E-state index in [0.717, 1.165) is 29.8 Å². The van der Waals surface area contributed by atoms with Crippen molar-refractivity contribution in [1.82, 2.24) is 19.7 Å². The summed E-state index contributed by atoms with van der Waals surface area (Å²) in [7, 11) is 3.44. The van der Waals surface area contributed by atoms with Gasteiger partial charge in [0.15, 0.2) is 5.82 Å². The summed E-state index contributed by atoms with van der Waals surface area (Å²) in [5, 5.41) is 4.35. The fourth-order valence-corrected chi connectivity index (χ4v) is 2.20. The molecule has 108 valence electrons. The van der Waals surface area contributed by atoms with Crippen LogP contribution in [0.1, 0.15) is 24.7 Å². The summed E-state index contributed by atoms with van der Waals surface area (Å²) in [5.74, 6) is 7.28. The minimum atomic E-state index is 0.575. The molecule has 2 heterocycles. The second-order valence-corrected chi connectivity index (χ2v) is 4.56. The van der Waals surface area contributed by atoms with Gasteiger partial charge in [0.2, 0.25) is 5.88 Å². The predicted octanol–water partition coefficient (Wildman–Crippen LogP) is 1.43. The molecule has 0 aliphatic heterocycles. The Morgan fingerprint density at radius 2 is 2.15 bits per heavy atom. The summed E-state index contributed by atoms with van der Waals surface area (Å²) in [4.78, 5) is 8.99. The molecule has 0 spiro atoms. The van der Waals surface area contributed by atoms with Crippen LogP contribution in [0.3, 0.4) is 0 Å². The Labute approximate surface area is 118 Å². The first-order chi connectivity index (χ1) is 9.60. The van der Waals surface area contributed by atoms with Crippen LogP contribution in [-0.4, -0.2) is 26.9 Å². The number of aromatic nitrogens is 4. The Balaban J connectivity index is 2.59. The van der Waals surface area contributed by atoms with Crippen LogP contribution in [0, 0.1) is 6.92 Å². The highest BCUT2D eigenvalue weighted by molar-refractivity contribution is 5.66. The third kappa shape index (κ3) is 2.57. The molecule has 7 heteroatoms. The standard InChI is InChI=1S/C13H20N6O/c1-5-6-9-7-10(17-14)16-12(15-9)11-8(2)18-19(3)13(11)20-4/h7H,5-6,14H2,1-4H3,(H,15,16,17). The zero-order chi connectivity index (χ0) is 14.7. The maximum absolute atomic E-state index is 5.48. The Morgan fingerprint density at radius 3 is 2.75 bits per heavy atom. The van der Waals surface area contributed by atoms with E-state index in [1.165, 1.54) is 0 Å². The molecule has 3 N–H and O–H groups in total. The minimum Gasteiger partial charge on any atom is -0.481 e. The number of ether oxygens (including phenoxy) is 1. The summed E-state index contributed by atoms with van der Waals surface area (Å²) in [6.07, 6.45) is 1.87. The van der Waals surface area contributed by atoms with Gasteiger partial charge in [-0.3, -0.25) is 0 Å². The zero-order valence-corrected chi connectivity index (χ0v) is 12.3. The topological polar surface area (TPSA) is 90.9 Å². The molecular formula is C13H20N6O. The van der Waals surface area contributed by atoms with E-state index >= 15 is 0 Å². The molecule has 0 aromatic carbocycles. The molecule has 0 amide bonds. The van der Waals surface area contributed by atoms with Gasteiger partial charge in [-0.05, 0) is 13.3 Å². The van der Waals surface area contributed by atoms with Gasteiger partial charge in [0.1, 0.15) is 11.4 Å². The third-order valence-electron chi connectivity index (χ3n) is 3.02. The van der Waals surface area contributed by atoms with Crippen LogP contribution < -0.4 is 16.0 Å². The number of nitrogens with two attached hydrogens (primary N) is 1. The van der Waals surface area contributed by atoms with Crippen LogP contribution >= 0.6 is 0 Å². The largest absolute Gasteiger partial charge is 0.481 e. The van der Waals surface area contributed by atoms with E-state index in [0.29, 0.717) is 17.5 Å². The number of nitrogens with one attached hydrogen (secondary N) is 1.